The lowest BCUT2D eigenvalue weighted by atomic mass is 10.1. The van der Waals surface area contributed by atoms with E-state index in [-0.39, 0.29) is 24.0 Å². The molecule has 2 N–H and O–H groups in total. The van der Waals surface area contributed by atoms with Crippen LogP contribution in [0.25, 0.3) is 0 Å². The van der Waals surface area contributed by atoms with Crippen molar-refractivity contribution in [2.24, 2.45) is 11.1 Å². The molecule has 0 aromatic heterocycles. The van der Waals surface area contributed by atoms with Gasteiger partial charge in [0.2, 0.25) is 15.9 Å². The Morgan fingerprint density at radius 3 is 2.70 bits per heavy atom. The van der Waals surface area contributed by atoms with Gasteiger partial charge in [0.05, 0.1) is 26.4 Å². The smallest absolute Gasteiger partial charge is 0.227 e. The minimum absolute atomic E-state index is 0.0506. The van der Waals surface area contributed by atoms with Crippen molar-refractivity contribution < 1.29 is 22.7 Å². The highest BCUT2D eigenvalue weighted by Crippen LogP contribution is 2.26. The highest BCUT2D eigenvalue weighted by atomic mass is 32.2. The Balaban J connectivity index is 2.00. The second kappa shape index (κ2) is 7.18. The summed E-state index contributed by atoms with van der Waals surface area (Å²) in [6.45, 7) is 0.977. The molecule has 0 bridgehead atoms. The molecule has 0 radical (unpaired) electrons. The lowest BCUT2D eigenvalue weighted by Gasteiger charge is -2.17. The number of hydrogen-bond donors (Lipinski definition) is 1. The molecule has 0 unspecified atom stereocenters. The number of rotatable bonds is 6. The zero-order valence-electron chi connectivity index (χ0n) is 13.3. The first-order chi connectivity index (χ1) is 10.8. The number of primary sulfonamides is 1. The molecule has 1 aliphatic heterocycles. The molecule has 0 saturated carbocycles. The average molecular weight is 342 g/mol. The van der Waals surface area contributed by atoms with E-state index in [1.54, 1.807) is 37.3 Å². The summed E-state index contributed by atoms with van der Waals surface area (Å²) >= 11 is 0. The number of nitrogens with two attached hydrogens (primary N) is 1. The minimum atomic E-state index is -3.51. The lowest BCUT2D eigenvalue weighted by Crippen LogP contribution is -2.32. The van der Waals surface area contributed by atoms with Crippen molar-refractivity contribution >= 4 is 15.9 Å². The van der Waals surface area contributed by atoms with Gasteiger partial charge in [0.25, 0.3) is 0 Å². The fourth-order valence-corrected chi connectivity index (χ4v) is 3.73. The van der Waals surface area contributed by atoms with Crippen LogP contribution in [0.4, 0.5) is 0 Å². The zero-order valence-corrected chi connectivity index (χ0v) is 14.1. The Labute approximate surface area is 136 Å². The Morgan fingerprint density at radius 1 is 1.35 bits per heavy atom. The molecule has 0 aliphatic carbocycles. The van der Waals surface area contributed by atoms with Gasteiger partial charge in [0, 0.05) is 24.7 Å². The molecule has 1 aromatic carbocycles. The summed E-state index contributed by atoms with van der Waals surface area (Å²) in [6, 6.07) is 5.31. The monoisotopic (exact) mass is 342 g/mol. The van der Waals surface area contributed by atoms with E-state index in [9.17, 15) is 13.2 Å². The van der Waals surface area contributed by atoms with Crippen LogP contribution in [-0.2, 0) is 21.2 Å². The quantitative estimate of drug-likeness (QED) is 0.806. The van der Waals surface area contributed by atoms with E-state index < -0.39 is 10.0 Å². The van der Waals surface area contributed by atoms with Crippen LogP contribution >= 0.6 is 0 Å². The van der Waals surface area contributed by atoms with E-state index in [1.807, 2.05) is 0 Å². The molecule has 1 heterocycles. The molecule has 2 rings (SSSR count). The first-order valence-corrected chi connectivity index (χ1v) is 9.03. The van der Waals surface area contributed by atoms with Crippen LogP contribution in [0.2, 0.25) is 0 Å². The van der Waals surface area contributed by atoms with Gasteiger partial charge >= 0.3 is 0 Å². The second-order valence-electron chi connectivity index (χ2n) is 5.68. The second-order valence-corrected chi connectivity index (χ2v) is 7.34. The summed E-state index contributed by atoms with van der Waals surface area (Å²) in [5.74, 6) is 1.03. The molecule has 1 aromatic rings. The van der Waals surface area contributed by atoms with Gasteiger partial charge in [-0.1, -0.05) is 6.07 Å². The summed E-state index contributed by atoms with van der Waals surface area (Å²) in [4.78, 5) is 14.1. The average Bonchev–Trinajstić information content (AvgIpc) is 2.94. The molecule has 1 atom stereocenters. The van der Waals surface area contributed by atoms with Crippen molar-refractivity contribution in [1.29, 1.82) is 0 Å². The van der Waals surface area contributed by atoms with E-state index >= 15 is 0 Å². The summed E-state index contributed by atoms with van der Waals surface area (Å²) in [6.07, 6.45) is 0.858. The van der Waals surface area contributed by atoms with Crippen molar-refractivity contribution in [1.82, 2.24) is 4.90 Å². The number of benzene rings is 1. The number of hydrogen-bond acceptors (Lipinski definition) is 5. The molecule has 1 aliphatic rings. The van der Waals surface area contributed by atoms with Crippen molar-refractivity contribution in [3.8, 4) is 11.5 Å². The van der Waals surface area contributed by atoms with Crippen LogP contribution in [-0.4, -0.2) is 52.3 Å². The van der Waals surface area contributed by atoms with Crippen LogP contribution in [0.5, 0.6) is 11.5 Å². The lowest BCUT2D eigenvalue weighted by molar-refractivity contribution is -0.129. The molecule has 1 fully saturated rings. The number of methoxy groups -OCH3 is 2. The molecule has 8 heteroatoms. The topological polar surface area (TPSA) is 98.9 Å². The summed E-state index contributed by atoms with van der Waals surface area (Å²) in [5.41, 5.74) is 0.771. The maximum absolute atomic E-state index is 12.4. The first kappa shape index (κ1) is 17.6. The third-order valence-corrected chi connectivity index (χ3v) is 4.88. The number of sulfonamides is 1. The molecular formula is C15H22N2O5S. The van der Waals surface area contributed by atoms with Crippen molar-refractivity contribution in [3.63, 3.8) is 0 Å². The highest BCUT2D eigenvalue weighted by molar-refractivity contribution is 7.89. The number of carbonyl (C=O) groups excluding carboxylic acids is 1. The van der Waals surface area contributed by atoms with Gasteiger partial charge in [-0.2, -0.15) is 0 Å². The number of nitrogens with zero attached hydrogens (tertiary/aromatic N) is 1. The summed E-state index contributed by atoms with van der Waals surface area (Å²) < 4.78 is 32.7. The molecule has 1 saturated heterocycles. The largest absolute Gasteiger partial charge is 0.497 e. The van der Waals surface area contributed by atoms with Gasteiger partial charge in [-0.25, -0.2) is 13.6 Å². The standard InChI is InChI=1S/C15H22N2O5S/c1-21-13-4-3-12(14(8-13)22-2)7-15(18)17-6-5-11(9-17)10-23(16,19)20/h3-4,8,11H,5-7,9-10H2,1-2H3,(H2,16,19,20)/t11-/m1/s1. The van der Waals surface area contributed by atoms with Crippen LogP contribution in [0, 0.1) is 5.92 Å². The summed E-state index contributed by atoms with van der Waals surface area (Å²) in [5, 5.41) is 5.07. The van der Waals surface area contributed by atoms with Gasteiger partial charge in [-0.05, 0) is 18.4 Å². The fraction of sp³-hybridized carbons (Fsp3) is 0.533. The van der Waals surface area contributed by atoms with Crippen LogP contribution in [0.3, 0.4) is 0 Å². The number of likely N-dealkylation sites (tertiary alicyclic amines) is 1. The Bertz CT molecular complexity index is 674. The minimum Gasteiger partial charge on any atom is -0.497 e. The molecular weight excluding hydrogens is 320 g/mol. The van der Waals surface area contributed by atoms with Crippen molar-refractivity contribution in [2.45, 2.75) is 12.8 Å². The first-order valence-electron chi connectivity index (χ1n) is 7.31. The van der Waals surface area contributed by atoms with Gasteiger partial charge < -0.3 is 14.4 Å². The summed E-state index contributed by atoms with van der Waals surface area (Å²) in [7, 11) is -0.398. The number of carbonyl (C=O) groups is 1. The number of amides is 1. The normalized spacial score (nSPS) is 18.0. The molecule has 1 amide bonds. The van der Waals surface area contributed by atoms with E-state index in [0.29, 0.717) is 31.0 Å². The van der Waals surface area contributed by atoms with Crippen LogP contribution < -0.4 is 14.6 Å². The van der Waals surface area contributed by atoms with Crippen LogP contribution in [0.1, 0.15) is 12.0 Å². The van der Waals surface area contributed by atoms with Gasteiger partial charge in [0.15, 0.2) is 0 Å². The van der Waals surface area contributed by atoms with Gasteiger partial charge in [-0.3, -0.25) is 4.79 Å². The maximum Gasteiger partial charge on any atom is 0.227 e. The SMILES string of the molecule is COc1ccc(CC(=O)N2CC[C@@H](CS(N)(=O)=O)C2)c(OC)c1. The van der Waals surface area contributed by atoms with Gasteiger partial charge in [-0.15, -0.1) is 0 Å². The van der Waals surface area contributed by atoms with E-state index in [2.05, 4.69) is 0 Å². The molecule has 0 spiro atoms. The molecule has 128 valence electrons. The molecule has 23 heavy (non-hydrogen) atoms. The van der Waals surface area contributed by atoms with E-state index in [1.165, 1.54) is 0 Å². The highest BCUT2D eigenvalue weighted by Gasteiger charge is 2.29. The molecule has 7 nitrogen and oxygen atoms in total. The van der Waals surface area contributed by atoms with E-state index in [0.717, 1.165) is 5.56 Å². The fourth-order valence-electron chi connectivity index (χ4n) is 2.80. The zero-order chi connectivity index (χ0) is 17.0. The van der Waals surface area contributed by atoms with Crippen molar-refractivity contribution in [2.75, 3.05) is 33.1 Å². The van der Waals surface area contributed by atoms with Crippen molar-refractivity contribution in [3.05, 3.63) is 23.8 Å². The number of ether oxygens (including phenoxy) is 2. The van der Waals surface area contributed by atoms with E-state index in [4.69, 9.17) is 14.6 Å². The third-order valence-electron chi connectivity index (χ3n) is 3.94. The maximum atomic E-state index is 12.4. The Kier molecular flexibility index (Phi) is 5.48. The third kappa shape index (κ3) is 4.84. The predicted octanol–water partition coefficient (Wildman–Crippen LogP) is 0.383. The Morgan fingerprint density at radius 2 is 2.09 bits per heavy atom. The predicted molar refractivity (Wildman–Crippen MR) is 85.9 cm³/mol. The van der Waals surface area contributed by atoms with Gasteiger partial charge in [0.1, 0.15) is 11.5 Å². The Hall–Kier alpha value is -1.80. The van der Waals surface area contributed by atoms with Crippen LogP contribution in [0.15, 0.2) is 18.2 Å².